The minimum Gasteiger partial charge on any atom is -0.331 e. The molecule has 4 aliphatic rings. The average Bonchev–Trinajstić information content (AvgIpc) is 3.19. The summed E-state index contributed by atoms with van der Waals surface area (Å²) in [7, 11) is 0. The standard InChI is InChI=1S/C23H26FN5/c1-16-11-28(15-25-16)23-12-22(13-23,14-23)10-20-26-21-19(4-2-3-9-29(21)27-20)17-5-7-18(24)8-6-17/h5-8,11,15,19H,2-4,9-10,12-14H2,1H3/t19-,22?,23?/m1/s1. The van der Waals surface area contributed by atoms with Gasteiger partial charge in [0.1, 0.15) is 11.6 Å². The number of benzene rings is 1. The number of halogens is 1. The van der Waals surface area contributed by atoms with E-state index in [9.17, 15) is 4.39 Å². The van der Waals surface area contributed by atoms with E-state index >= 15 is 0 Å². The van der Waals surface area contributed by atoms with Gasteiger partial charge < -0.3 is 4.57 Å². The van der Waals surface area contributed by atoms with Gasteiger partial charge in [0.05, 0.1) is 12.0 Å². The number of rotatable bonds is 4. The molecular weight excluding hydrogens is 365 g/mol. The molecule has 0 saturated heterocycles. The lowest BCUT2D eigenvalue weighted by Crippen LogP contribution is -2.68. The summed E-state index contributed by atoms with van der Waals surface area (Å²) >= 11 is 0. The van der Waals surface area contributed by atoms with Crippen LogP contribution < -0.4 is 0 Å². The lowest BCUT2D eigenvalue weighted by molar-refractivity contribution is -0.187. The van der Waals surface area contributed by atoms with Crippen LogP contribution >= 0.6 is 0 Å². The van der Waals surface area contributed by atoms with Crippen LogP contribution in [0.25, 0.3) is 0 Å². The van der Waals surface area contributed by atoms with E-state index < -0.39 is 0 Å². The van der Waals surface area contributed by atoms with Crippen molar-refractivity contribution in [2.24, 2.45) is 5.41 Å². The Bertz CT molecular complexity index is 1040. The molecule has 0 radical (unpaired) electrons. The first-order chi connectivity index (χ1) is 14.0. The molecule has 1 atom stereocenters. The first-order valence-electron chi connectivity index (χ1n) is 10.7. The molecule has 1 aromatic carbocycles. The molecular formula is C23H26FN5. The smallest absolute Gasteiger partial charge is 0.151 e. The second-order valence-electron chi connectivity index (χ2n) is 9.56. The van der Waals surface area contributed by atoms with Gasteiger partial charge in [-0.05, 0) is 62.1 Å². The van der Waals surface area contributed by atoms with Crippen molar-refractivity contribution in [1.29, 1.82) is 0 Å². The number of nitrogens with zero attached hydrogens (tertiary/aromatic N) is 5. The van der Waals surface area contributed by atoms with Gasteiger partial charge in [0.25, 0.3) is 0 Å². The molecule has 6 heteroatoms. The van der Waals surface area contributed by atoms with E-state index in [0.29, 0.717) is 11.0 Å². The van der Waals surface area contributed by atoms with Crippen molar-refractivity contribution in [2.75, 3.05) is 0 Å². The van der Waals surface area contributed by atoms with Crippen molar-refractivity contribution < 1.29 is 4.39 Å². The maximum Gasteiger partial charge on any atom is 0.151 e. The van der Waals surface area contributed by atoms with Gasteiger partial charge in [-0.2, -0.15) is 5.10 Å². The van der Waals surface area contributed by atoms with Gasteiger partial charge in [-0.1, -0.05) is 18.6 Å². The highest BCUT2D eigenvalue weighted by Crippen LogP contribution is 2.72. The van der Waals surface area contributed by atoms with E-state index in [1.165, 1.54) is 19.3 Å². The van der Waals surface area contributed by atoms with Crippen LogP contribution in [0.4, 0.5) is 4.39 Å². The minimum absolute atomic E-state index is 0.185. The zero-order valence-corrected chi connectivity index (χ0v) is 16.8. The van der Waals surface area contributed by atoms with Crippen LogP contribution in [-0.4, -0.2) is 24.3 Å². The summed E-state index contributed by atoms with van der Waals surface area (Å²) in [4.78, 5) is 9.42. The number of aryl methyl sites for hydroxylation is 2. The summed E-state index contributed by atoms with van der Waals surface area (Å²) in [6.45, 7) is 2.99. The Morgan fingerprint density at radius 1 is 1.14 bits per heavy atom. The number of fused-ring (bicyclic) bond motifs is 1. The first kappa shape index (κ1) is 17.4. The molecule has 150 valence electrons. The van der Waals surface area contributed by atoms with Crippen molar-refractivity contribution >= 4 is 0 Å². The molecule has 2 bridgehead atoms. The van der Waals surface area contributed by atoms with Gasteiger partial charge in [0.2, 0.25) is 0 Å². The summed E-state index contributed by atoms with van der Waals surface area (Å²) in [6.07, 6.45) is 12.1. The highest BCUT2D eigenvalue weighted by atomic mass is 19.1. The first-order valence-corrected chi connectivity index (χ1v) is 10.7. The van der Waals surface area contributed by atoms with Crippen molar-refractivity contribution in [1.82, 2.24) is 24.3 Å². The lowest BCUT2D eigenvalue weighted by atomic mass is 9.38. The van der Waals surface area contributed by atoms with E-state index in [1.54, 1.807) is 12.1 Å². The largest absolute Gasteiger partial charge is 0.331 e. The molecule has 3 aliphatic carbocycles. The van der Waals surface area contributed by atoms with Gasteiger partial charge in [-0.15, -0.1) is 0 Å². The normalized spacial score (nSPS) is 30.2. The van der Waals surface area contributed by atoms with Crippen LogP contribution in [0.3, 0.4) is 0 Å². The molecule has 5 nitrogen and oxygen atoms in total. The topological polar surface area (TPSA) is 48.5 Å². The van der Waals surface area contributed by atoms with Crippen molar-refractivity contribution in [2.45, 2.75) is 69.9 Å². The Morgan fingerprint density at radius 2 is 1.93 bits per heavy atom. The molecule has 2 aromatic heterocycles. The second kappa shape index (κ2) is 6.00. The van der Waals surface area contributed by atoms with Crippen LogP contribution in [0.15, 0.2) is 36.8 Å². The molecule has 3 heterocycles. The summed E-state index contributed by atoms with van der Waals surface area (Å²) < 4.78 is 17.8. The fourth-order valence-corrected chi connectivity index (χ4v) is 6.07. The second-order valence-corrected chi connectivity index (χ2v) is 9.56. The Kier molecular flexibility index (Phi) is 3.59. The van der Waals surface area contributed by atoms with Crippen LogP contribution in [-0.2, 0) is 18.5 Å². The predicted molar refractivity (Wildman–Crippen MR) is 107 cm³/mol. The maximum absolute atomic E-state index is 13.4. The van der Waals surface area contributed by atoms with Crippen LogP contribution in [0.5, 0.6) is 0 Å². The molecule has 0 spiro atoms. The van der Waals surface area contributed by atoms with Gasteiger partial charge in [-0.3, -0.25) is 0 Å². The zero-order valence-electron chi connectivity index (χ0n) is 16.8. The van der Waals surface area contributed by atoms with Crippen LogP contribution in [0.1, 0.15) is 67.3 Å². The number of imidazole rings is 1. The highest BCUT2D eigenvalue weighted by Gasteiger charge is 2.68. The summed E-state index contributed by atoms with van der Waals surface area (Å²) in [5, 5.41) is 4.91. The summed E-state index contributed by atoms with van der Waals surface area (Å²) in [5.74, 6) is 2.09. The zero-order chi connectivity index (χ0) is 19.6. The Labute approximate surface area is 170 Å². The fourth-order valence-electron chi connectivity index (χ4n) is 6.07. The van der Waals surface area contributed by atoms with Crippen LogP contribution in [0, 0.1) is 18.2 Å². The lowest BCUT2D eigenvalue weighted by Gasteiger charge is -2.71. The average molecular weight is 391 g/mol. The van der Waals surface area contributed by atoms with E-state index in [1.807, 2.05) is 18.5 Å². The van der Waals surface area contributed by atoms with Gasteiger partial charge in [0, 0.05) is 30.6 Å². The quantitative estimate of drug-likeness (QED) is 0.664. The maximum atomic E-state index is 13.4. The Hall–Kier alpha value is -2.50. The van der Waals surface area contributed by atoms with E-state index in [4.69, 9.17) is 10.1 Å². The minimum atomic E-state index is -0.185. The number of hydrogen-bond donors (Lipinski definition) is 0. The third kappa shape index (κ3) is 2.68. The monoisotopic (exact) mass is 391 g/mol. The van der Waals surface area contributed by atoms with E-state index in [-0.39, 0.29) is 11.7 Å². The summed E-state index contributed by atoms with van der Waals surface area (Å²) in [6, 6.07) is 6.92. The van der Waals surface area contributed by atoms with Crippen molar-refractivity contribution in [3.63, 3.8) is 0 Å². The Balaban J connectivity index is 1.22. The van der Waals surface area contributed by atoms with Crippen molar-refractivity contribution in [3.8, 4) is 0 Å². The molecule has 0 N–H and O–H groups in total. The third-order valence-electron chi connectivity index (χ3n) is 7.35. The predicted octanol–water partition coefficient (Wildman–Crippen LogP) is 4.36. The molecule has 3 saturated carbocycles. The fraction of sp³-hybridized carbons (Fsp3) is 0.522. The number of hydrogen-bond acceptors (Lipinski definition) is 3. The molecule has 0 unspecified atom stereocenters. The molecule has 3 fully saturated rings. The SMILES string of the molecule is Cc1cn(C23CC(Cc4nc5n(n4)CCCC[C@@H]5c4ccc(F)cc4)(C2)C3)cn1. The van der Waals surface area contributed by atoms with Gasteiger partial charge in [-0.25, -0.2) is 19.0 Å². The highest BCUT2D eigenvalue weighted by molar-refractivity contribution is 5.28. The molecule has 1 aliphatic heterocycles. The summed E-state index contributed by atoms with van der Waals surface area (Å²) in [5.41, 5.74) is 2.91. The van der Waals surface area contributed by atoms with Crippen LogP contribution in [0.2, 0.25) is 0 Å². The van der Waals surface area contributed by atoms with E-state index in [0.717, 1.165) is 55.1 Å². The third-order valence-corrected chi connectivity index (χ3v) is 7.35. The molecule has 7 rings (SSSR count). The van der Waals surface area contributed by atoms with E-state index in [2.05, 4.69) is 27.4 Å². The van der Waals surface area contributed by atoms with Gasteiger partial charge in [0.15, 0.2) is 5.82 Å². The van der Waals surface area contributed by atoms with Gasteiger partial charge >= 0.3 is 0 Å². The molecule has 3 aromatic rings. The Morgan fingerprint density at radius 3 is 2.66 bits per heavy atom. The van der Waals surface area contributed by atoms with Crippen molar-refractivity contribution in [3.05, 3.63) is 65.5 Å². The number of aromatic nitrogens is 5. The molecule has 29 heavy (non-hydrogen) atoms. The molecule has 0 amide bonds.